The van der Waals surface area contributed by atoms with Crippen molar-refractivity contribution in [3.05, 3.63) is 46.2 Å². The minimum absolute atomic E-state index is 0.108. The van der Waals surface area contributed by atoms with Gasteiger partial charge in [0.1, 0.15) is 0 Å². The van der Waals surface area contributed by atoms with Gasteiger partial charge in [-0.25, -0.2) is 8.42 Å². The molecule has 2 aliphatic rings. The van der Waals surface area contributed by atoms with E-state index in [2.05, 4.69) is 10.4 Å². The molecule has 1 atom stereocenters. The third-order valence-corrected chi connectivity index (χ3v) is 7.05. The second kappa shape index (κ2) is 6.70. The molecular formula is C18H20ClN3O3S. The Labute approximate surface area is 157 Å². The molecule has 6 nitrogen and oxygen atoms in total. The summed E-state index contributed by atoms with van der Waals surface area (Å²) in [5.41, 5.74) is 3.00. The fraction of sp³-hybridized carbons (Fsp3) is 0.444. The number of hydrogen-bond acceptors (Lipinski definition) is 4. The van der Waals surface area contributed by atoms with Crippen molar-refractivity contribution < 1.29 is 13.2 Å². The van der Waals surface area contributed by atoms with Crippen molar-refractivity contribution in [3.8, 4) is 0 Å². The summed E-state index contributed by atoms with van der Waals surface area (Å²) in [6, 6.07) is 6.81. The molecule has 2 heterocycles. The molecule has 1 fully saturated rings. The van der Waals surface area contributed by atoms with Crippen LogP contribution >= 0.6 is 11.6 Å². The lowest BCUT2D eigenvalue weighted by atomic mass is 9.95. The number of rotatable bonds is 3. The van der Waals surface area contributed by atoms with E-state index in [9.17, 15) is 13.2 Å². The van der Waals surface area contributed by atoms with E-state index in [1.165, 1.54) is 0 Å². The van der Waals surface area contributed by atoms with Crippen molar-refractivity contribution in [1.29, 1.82) is 0 Å². The summed E-state index contributed by atoms with van der Waals surface area (Å²) < 4.78 is 25.5. The highest BCUT2D eigenvalue weighted by atomic mass is 35.5. The maximum Gasteiger partial charge on any atom is 0.276 e. The van der Waals surface area contributed by atoms with Crippen LogP contribution in [0.2, 0.25) is 5.02 Å². The first-order valence-electron chi connectivity index (χ1n) is 8.80. The number of hydrogen-bond donors (Lipinski definition) is 1. The molecule has 4 rings (SSSR count). The molecule has 0 spiro atoms. The Morgan fingerprint density at radius 1 is 1.27 bits per heavy atom. The van der Waals surface area contributed by atoms with Gasteiger partial charge < -0.3 is 5.32 Å². The summed E-state index contributed by atoms with van der Waals surface area (Å²) in [6.07, 6.45) is 4.24. The van der Waals surface area contributed by atoms with Crippen molar-refractivity contribution in [1.82, 2.24) is 9.78 Å². The Morgan fingerprint density at radius 2 is 2.08 bits per heavy atom. The van der Waals surface area contributed by atoms with E-state index in [1.54, 1.807) is 24.3 Å². The van der Waals surface area contributed by atoms with E-state index in [4.69, 9.17) is 11.6 Å². The highest BCUT2D eigenvalue weighted by Gasteiger charge is 2.34. The van der Waals surface area contributed by atoms with E-state index >= 15 is 0 Å². The Bertz CT molecular complexity index is 968. The molecule has 0 bridgehead atoms. The molecule has 1 N–H and O–H groups in total. The first kappa shape index (κ1) is 17.5. The number of sulfone groups is 1. The van der Waals surface area contributed by atoms with Gasteiger partial charge in [-0.1, -0.05) is 17.7 Å². The van der Waals surface area contributed by atoms with Gasteiger partial charge in [0.15, 0.2) is 15.5 Å². The number of carbonyl (C=O) groups is 1. The first-order valence-corrected chi connectivity index (χ1v) is 11.0. The number of amides is 1. The Morgan fingerprint density at radius 3 is 2.81 bits per heavy atom. The van der Waals surface area contributed by atoms with Crippen molar-refractivity contribution in [2.45, 2.75) is 38.1 Å². The highest BCUT2D eigenvalue weighted by Crippen LogP contribution is 2.31. The van der Waals surface area contributed by atoms with Gasteiger partial charge in [-0.15, -0.1) is 0 Å². The first-order chi connectivity index (χ1) is 12.4. The molecule has 1 aromatic heterocycles. The van der Waals surface area contributed by atoms with Crippen LogP contribution in [0.1, 0.15) is 47.1 Å². The summed E-state index contributed by atoms with van der Waals surface area (Å²) >= 11 is 5.98. The van der Waals surface area contributed by atoms with Crippen LogP contribution in [-0.2, 0) is 22.7 Å². The summed E-state index contributed by atoms with van der Waals surface area (Å²) in [4.78, 5) is 12.8. The lowest BCUT2D eigenvalue weighted by molar-refractivity contribution is 0.102. The summed E-state index contributed by atoms with van der Waals surface area (Å²) in [7, 11) is -3.01. The third-order valence-electron chi connectivity index (χ3n) is 5.06. The molecule has 2 aromatic rings. The zero-order valence-electron chi connectivity index (χ0n) is 14.2. The number of fused-ring (bicyclic) bond motifs is 1. The molecular weight excluding hydrogens is 374 g/mol. The molecule has 138 valence electrons. The largest absolute Gasteiger partial charge is 0.321 e. The fourth-order valence-electron chi connectivity index (χ4n) is 3.84. The van der Waals surface area contributed by atoms with Gasteiger partial charge in [-0.3, -0.25) is 9.48 Å². The molecule has 8 heteroatoms. The normalized spacial score (nSPS) is 21.3. The number of carbonyl (C=O) groups excluding carboxylic acids is 1. The van der Waals surface area contributed by atoms with Crippen LogP contribution in [0.25, 0.3) is 0 Å². The van der Waals surface area contributed by atoms with Crippen LogP contribution in [0.15, 0.2) is 24.3 Å². The predicted molar refractivity (Wildman–Crippen MR) is 101 cm³/mol. The molecule has 26 heavy (non-hydrogen) atoms. The van der Waals surface area contributed by atoms with Crippen LogP contribution in [0.4, 0.5) is 5.69 Å². The third kappa shape index (κ3) is 3.38. The number of nitrogens with one attached hydrogen (secondary N) is 1. The molecule has 1 aliphatic heterocycles. The average molecular weight is 394 g/mol. The quantitative estimate of drug-likeness (QED) is 0.869. The molecule has 0 unspecified atom stereocenters. The lowest BCUT2D eigenvalue weighted by Crippen LogP contribution is -2.17. The standard InChI is InChI=1S/C18H20ClN3O3S/c19-12-4-3-5-13(10-12)20-18(23)17-15-6-1-2-7-16(15)22(21-17)14-8-9-26(24,25)11-14/h3-5,10,14H,1-2,6-9,11H2,(H,20,23)/t14-/m0/s1. The second-order valence-electron chi connectivity index (χ2n) is 6.95. The van der Waals surface area contributed by atoms with Crippen LogP contribution in [-0.4, -0.2) is 35.6 Å². The minimum Gasteiger partial charge on any atom is -0.321 e. The minimum atomic E-state index is -3.01. The van der Waals surface area contributed by atoms with Crippen molar-refractivity contribution in [2.24, 2.45) is 0 Å². The van der Waals surface area contributed by atoms with Gasteiger partial charge in [-0.2, -0.15) is 5.10 Å². The number of halogens is 1. The second-order valence-corrected chi connectivity index (χ2v) is 9.61. The van der Waals surface area contributed by atoms with E-state index in [0.29, 0.717) is 22.8 Å². The van der Waals surface area contributed by atoms with Crippen molar-refractivity contribution in [3.63, 3.8) is 0 Å². The van der Waals surface area contributed by atoms with Gasteiger partial charge in [0.2, 0.25) is 0 Å². The van der Waals surface area contributed by atoms with E-state index < -0.39 is 9.84 Å². The topological polar surface area (TPSA) is 81.1 Å². The number of anilines is 1. The maximum atomic E-state index is 12.8. The van der Waals surface area contributed by atoms with Crippen molar-refractivity contribution in [2.75, 3.05) is 16.8 Å². The maximum absolute atomic E-state index is 12.8. The van der Waals surface area contributed by atoms with Gasteiger partial charge >= 0.3 is 0 Å². The monoisotopic (exact) mass is 393 g/mol. The zero-order valence-corrected chi connectivity index (χ0v) is 15.8. The number of aromatic nitrogens is 2. The molecule has 1 aromatic carbocycles. The Balaban J connectivity index is 1.67. The van der Waals surface area contributed by atoms with Gasteiger partial charge in [0.25, 0.3) is 5.91 Å². The molecule has 1 aliphatic carbocycles. The molecule has 1 saturated heterocycles. The Hall–Kier alpha value is -1.86. The van der Waals surface area contributed by atoms with Gasteiger partial charge in [0, 0.05) is 22.0 Å². The number of benzene rings is 1. The summed E-state index contributed by atoms with van der Waals surface area (Å²) in [5.74, 6) is 0.0253. The fourth-order valence-corrected chi connectivity index (χ4v) is 5.72. The van der Waals surface area contributed by atoms with Crippen LogP contribution in [0.5, 0.6) is 0 Å². The van der Waals surface area contributed by atoms with Gasteiger partial charge in [0.05, 0.1) is 17.5 Å². The van der Waals surface area contributed by atoms with E-state index in [0.717, 1.165) is 36.9 Å². The molecule has 1 amide bonds. The zero-order chi connectivity index (χ0) is 18.3. The number of nitrogens with zero attached hydrogens (tertiary/aromatic N) is 2. The van der Waals surface area contributed by atoms with Crippen molar-refractivity contribution >= 4 is 33.0 Å². The molecule has 0 radical (unpaired) electrons. The van der Waals surface area contributed by atoms with E-state index in [-0.39, 0.29) is 23.5 Å². The van der Waals surface area contributed by atoms with Gasteiger partial charge in [-0.05, 0) is 50.3 Å². The molecule has 0 saturated carbocycles. The lowest BCUT2D eigenvalue weighted by Gasteiger charge is -2.17. The SMILES string of the molecule is O=C(Nc1cccc(Cl)c1)c1nn([C@H]2CCS(=O)(=O)C2)c2c1CCCC2. The Kier molecular flexibility index (Phi) is 4.52. The highest BCUT2D eigenvalue weighted by molar-refractivity contribution is 7.91. The predicted octanol–water partition coefficient (Wildman–Crippen LogP) is 3.03. The summed E-state index contributed by atoms with van der Waals surface area (Å²) in [5, 5.41) is 7.96. The average Bonchev–Trinajstić information content (AvgIpc) is 3.15. The smallest absolute Gasteiger partial charge is 0.276 e. The van der Waals surface area contributed by atoms with Crippen LogP contribution in [0, 0.1) is 0 Å². The van der Waals surface area contributed by atoms with E-state index in [1.807, 2.05) is 4.68 Å². The van der Waals surface area contributed by atoms with Crippen LogP contribution < -0.4 is 5.32 Å². The van der Waals surface area contributed by atoms with Crippen LogP contribution in [0.3, 0.4) is 0 Å². The summed E-state index contributed by atoms with van der Waals surface area (Å²) in [6.45, 7) is 0.